The topological polar surface area (TPSA) is 73.6 Å². The van der Waals surface area contributed by atoms with Gasteiger partial charge in [0.15, 0.2) is 6.29 Å². The van der Waals surface area contributed by atoms with Crippen LogP contribution in [0.15, 0.2) is 30.5 Å². The van der Waals surface area contributed by atoms with Crippen LogP contribution in [-0.2, 0) is 4.74 Å². The minimum atomic E-state index is -0.0678. The van der Waals surface area contributed by atoms with E-state index in [2.05, 4.69) is 25.0 Å². The maximum atomic E-state index is 11.2. The molecule has 2 atom stereocenters. The maximum Gasteiger partial charge on any atom is 0.157 e. The summed E-state index contributed by atoms with van der Waals surface area (Å²) in [5.74, 6) is 0.777. The van der Waals surface area contributed by atoms with Gasteiger partial charge in [-0.15, -0.1) is 0 Å². The van der Waals surface area contributed by atoms with Crippen LogP contribution in [0.3, 0.4) is 0 Å². The van der Waals surface area contributed by atoms with E-state index in [4.69, 9.17) is 9.47 Å². The molecule has 1 N–H and O–H groups in total. The number of carbonyl (C=O) groups excluding carboxylic acids is 1. The van der Waals surface area contributed by atoms with Crippen molar-refractivity contribution in [1.82, 2.24) is 9.78 Å². The summed E-state index contributed by atoms with van der Waals surface area (Å²) < 4.78 is 13.6. The molecule has 0 radical (unpaired) electrons. The number of rotatable bonds is 6. The Kier molecular flexibility index (Phi) is 5.38. The number of phenols is 1. The molecule has 25 heavy (non-hydrogen) atoms. The molecule has 0 amide bonds. The van der Waals surface area contributed by atoms with Gasteiger partial charge in [-0.3, -0.25) is 9.48 Å². The highest BCUT2D eigenvalue weighted by Gasteiger charge is 2.31. The first-order valence-corrected chi connectivity index (χ1v) is 8.63. The largest absolute Gasteiger partial charge is 0.507 e. The summed E-state index contributed by atoms with van der Waals surface area (Å²) in [5, 5.41) is 14.2. The van der Waals surface area contributed by atoms with Crippen LogP contribution in [-0.4, -0.2) is 41.0 Å². The molecule has 1 fully saturated rings. The molecule has 3 rings (SSSR count). The fourth-order valence-electron chi connectivity index (χ4n) is 3.37. The Morgan fingerprint density at radius 3 is 3.04 bits per heavy atom. The van der Waals surface area contributed by atoms with Gasteiger partial charge >= 0.3 is 0 Å². The maximum absolute atomic E-state index is 11.2. The highest BCUT2D eigenvalue weighted by molar-refractivity contribution is 5.83. The smallest absolute Gasteiger partial charge is 0.157 e. The van der Waals surface area contributed by atoms with Crippen LogP contribution < -0.4 is 4.74 Å². The van der Waals surface area contributed by atoms with E-state index in [9.17, 15) is 9.90 Å². The average molecular weight is 344 g/mol. The molecule has 1 saturated heterocycles. The van der Waals surface area contributed by atoms with Crippen molar-refractivity contribution in [3.63, 3.8) is 0 Å². The summed E-state index contributed by atoms with van der Waals surface area (Å²) in [6, 6.07) is 7.20. The van der Waals surface area contributed by atoms with E-state index in [1.54, 1.807) is 12.1 Å². The Bertz CT molecular complexity index is 726. The van der Waals surface area contributed by atoms with Crippen molar-refractivity contribution in [3.8, 4) is 11.5 Å². The summed E-state index contributed by atoms with van der Waals surface area (Å²) in [7, 11) is 0. The minimum Gasteiger partial charge on any atom is -0.507 e. The highest BCUT2D eigenvalue weighted by atomic mass is 16.5. The van der Waals surface area contributed by atoms with Crippen LogP contribution in [0.5, 0.6) is 11.5 Å². The van der Waals surface area contributed by atoms with Crippen molar-refractivity contribution in [1.29, 1.82) is 0 Å². The van der Waals surface area contributed by atoms with Gasteiger partial charge in [0.25, 0.3) is 0 Å². The average Bonchev–Trinajstić information content (AvgIpc) is 3.10. The first kappa shape index (κ1) is 17.5. The standard InChI is InChI=1S/C19H24N2O4/c1-13(2)21-17(6-8-20-21)15-7-9-24-11-14(15)12-25-19-5-3-4-18(23)16(19)10-22/h3-6,8,10,13-15,23H,7,9,11-12H2,1-2H3. The number of aromatic hydroxyl groups is 1. The quantitative estimate of drug-likeness (QED) is 0.815. The van der Waals surface area contributed by atoms with E-state index in [0.717, 1.165) is 13.0 Å². The lowest BCUT2D eigenvalue weighted by Crippen LogP contribution is -2.32. The second-order valence-electron chi connectivity index (χ2n) is 6.64. The highest BCUT2D eigenvalue weighted by Crippen LogP contribution is 2.34. The zero-order valence-electron chi connectivity index (χ0n) is 14.6. The molecule has 6 nitrogen and oxygen atoms in total. The normalized spacial score (nSPS) is 20.6. The van der Waals surface area contributed by atoms with Gasteiger partial charge in [-0.25, -0.2) is 0 Å². The fourth-order valence-corrected chi connectivity index (χ4v) is 3.37. The molecule has 1 aliphatic rings. The summed E-state index contributed by atoms with van der Waals surface area (Å²) in [4.78, 5) is 11.2. The van der Waals surface area contributed by atoms with Gasteiger partial charge in [0.05, 0.1) is 18.8 Å². The molecule has 1 aliphatic heterocycles. The molecule has 2 unspecified atom stereocenters. The zero-order chi connectivity index (χ0) is 17.8. The summed E-state index contributed by atoms with van der Waals surface area (Å²) >= 11 is 0. The number of hydrogen-bond donors (Lipinski definition) is 1. The van der Waals surface area contributed by atoms with E-state index in [1.807, 2.05) is 10.9 Å². The molecule has 0 spiro atoms. The Morgan fingerprint density at radius 2 is 2.28 bits per heavy atom. The van der Waals surface area contributed by atoms with Gasteiger partial charge in [-0.1, -0.05) is 6.07 Å². The molecule has 1 aromatic heterocycles. The monoisotopic (exact) mass is 344 g/mol. The number of carbonyl (C=O) groups is 1. The Labute approximate surface area is 147 Å². The van der Waals surface area contributed by atoms with Gasteiger partial charge in [0, 0.05) is 36.4 Å². The fraction of sp³-hybridized carbons (Fsp3) is 0.474. The van der Waals surface area contributed by atoms with Crippen LogP contribution >= 0.6 is 0 Å². The van der Waals surface area contributed by atoms with E-state index in [1.165, 1.54) is 11.8 Å². The lowest BCUT2D eigenvalue weighted by molar-refractivity contribution is 0.0183. The SMILES string of the molecule is CC(C)n1nccc1C1CCOCC1COc1cccc(O)c1C=O. The van der Waals surface area contributed by atoms with Crippen molar-refractivity contribution in [2.24, 2.45) is 5.92 Å². The lowest BCUT2D eigenvalue weighted by atomic mass is 9.86. The molecule has 0 bridgehead atoms. The Hall–Kier alpha value is -2.34. The van der Waals surface area contributed by atoms with Crippen LogP contribution in [0, 0.1) is 5.92 Å². The summed E-state index contributed by atoms with van der Waals surface area (Å²) in [6.45, 7) is 5.96. The molecule has 0 aliphatic carbocycles. The molecule has 0 saturated carbocycles. The second-order valence-corrected chi connectivity index (χ2v) is 6.64. The first-order valence-electron chi connectivity index (χ1n) is 8.63. The van der Waals surface area contributed by atoms with Crippen molar-refractivity contribution >= 4 is 6.29 Å². The number of benzene rings is 1. The van der Waals surface area contributed by atoms with Crippen molar-refractivity contribution < 1.29 is 19.4 Å². The number of phenolic OH excluding ortho intramolecular Hbond substituents is 1. The number of nitrogens with zero attached hydrogens (tertiary/aromatic N) is 2. The van der Waals surface area contributed by atoms with Gasteiger partial charge in [-0.05, 0) is 38.5 Å². The molecule has 6 heteroatoms. The minimum absolute atomic E-state index is 0.0678. The van der Waals surface area contributed by atoms with E-state index < -0.39 is 0 Å². The number of aromatic nitrogens is 2. The van der Waals surface area contributed by atoms with Crippen LogP contribution in [0.1, 0.15) is 48.3 Å². The second kappa shape index (κ2) is 7.70. The Balaban J connectivity index is 1.77. The third-order valence-electron chi connectivity index (χ3n) is 4.66. The lowest BCUT2D eigenvalue weighted by Gasteiger charge is -2.32. The van der Waals surface area contributed by atoms with Gasteiger partial charge < -0.3 is 14.6 Å². The number of ether oxygens (including phenoxy) is 2. The van der Waals surface area contributed by atoms with Crippen LogP contribution in [0.4, 0.5) is 0 Å². The summed E-state index contributed by atoms with van der Waals surface area (Å²) in [6.07, 6.45) is 3.36. The molecule has 134 valence electrons. The molecular weight excluding hydrogens is 320 g/mol. The molecule has 1 aromatic carbocycles. The van der Waals surface area contributed by atoms with Crippen LogP contribution in [0.25, 0.3) is 0 Å². The van der Waals surface area contributed by atoms with Crippen molar-refractivity contribution in [3.05, 3.63) is 41.7 Å². The third kappa shape index (κ3) is 3.69. The van der Waals surface area contributed by atoms with E-state index in [0.29, 0.717) is 31.3 Å². The Morgan fingerprint density at radius 1 is 1.44 bits per heavy atom. The summed E-state index contributed by atoms with van der Waals surface area (Å²) in [5.41, 5.74) is 1.38. The van der Waals surface area contributed by atoms with Crippen molar-refractivity contribution in [2.45, 2.75) is 32.2 Å². The van der Waals surface area contributed by atoms with E-state index in [-0.39, 0.29) is 23.1 Å². The van der Waals surface area contributed by atoms with Gasteiger partial charge in [0.2, 0.25) is 0 Å². The number of hydrogen-bond acceptors (Lipinski definition) is 5. The van der Waals surface area contributed by atoms with Gasteiger partial charge in [0.1, 0.15) is 11.5 Å². The number of aldehydes is 1. The molecular formula is C19H24N2O4. The predicted molar refractivity (Wildman–Crippen MR) is 93.3 cm³/mol. The molecule has 2 heterocycles. The van der Waals surface area contributed by atoms with Crippen LogP contribution in [0.2, 0.25) is 0 Å². The van der Waals surface area contributed by atoms with Gasteiger partial charge in [-0.2, -0.15) is 5.10 Å². The molecule has 2 aromatic rings. The van der Waals surface area contributed by atoms with Crippen molar-refractivity contribution in [2.75, 3.05) is 19.8 Å². The predicted octanol–water partition coefficient (Wildman–Crippen LogP) is 3.18. The zero-order valence-corrected chi connectivity index (χ0v) is 14.6. The first-order chi connectivity index (χ1) is 12.1. The van der Waals surface area contributed by atoms with E-state index >= 15 is 0 Å². The third-order valence-corrected chi connectivity index (χ3v) is 4.66.